The van der Waals surface area contributed by atoms with E-state index in [2.05, 4.69) is 15.0 Å². The number of hydrogen-bond donors (Lipinski definition) is 3. The molecule has 0 aromatic heterocycles. The average Bonchev–Trinajstić information content (AvgIpc) is 2.83. The first kappa shape index (κ1) is 19.4. The number of carbonyl (C=O) groups excluding carboxylic acids is 1. The maximum atomic E-state index is 12.6. The zero-order valence-corrected chi connectivity index (χ0v) is 15.4. The summed E-state index contributed by atoms with van der Waals surface area (Å²) in [5, 5.41) is 4.65. The Morgan fingerprint density at radius 3 is 2.92 bits per heavy atom. The van der Waals surface area contributed by atoms with E-state index in [0.29, 0.717) is 31.0 Å². The van der Waals surface area contributed by atoms with E-state index in [0.717, 1.165) is 32.2 Å². The van der Waals surface area contributed by atoms with Gasteiger partial charge in [-0.3, -0.25) is 14.5 Å². The Morgan fingerprint density at radius 1 is 1.28 bits per heavy atom. The molecule has 0 saturated carbocycles. The Kier molecular flexibility index (Phi) is 7.39. The minimum atomic E-state index is -3.70. The second kappa shape index (κ2) is 9.53. The molecule has 0 radical (unpaired) electrons. The van der Waals surface area contributed by atoms with Crippen molar-refractivity contribution in [1.82, 2.24) is 4.72 Å². The third kappa shape index (κ3) is 6.47. The van der Waals surface area contributed by atoms with Crippen molar-refractivity contribution in [2.45, 2.75) is 43.9 Å². The van der Waals surface area contributed by atoms with Crippen molar-refractivity contribution in [3.63, 3.8) is 0 Å². The fraction of sp³-hybridized carbons (Fsp3) is 0.529. The normalized spacial score (nSPS) is 15.2. The van der Waals surface area contributed by atoms with Gasteiger partial charge < -0.3 is 10.6 Å². The molecule has 1 aromatic carbocycles. The second-order valence-electron chi connectivity index (χ2n) is 6.10. The molecule has 0 bridgehead atoms. The van der Waals surface area contributed by atoms with Crippen molar-refractivity contribution in [2.24, 2.45) is 4.99 Å². The van der Waals surface area contributed by atoms with Crippen LogP contribution in [-0.2, 0) is 14.8 Å². The van der Waals surface area contributed by atoms with Crippen molar-refractivity contribution in [2.75, 3.05) is 25.0 Å². The van der Waals surface area contributed by atoms with E-state index in [9.17, 15) is 13.2 Å². The van der Waals surface area contributed by atoms with Crippen LogP contribution in [0.15, 0.2) is 34.2 Å². The van der Waals surface area contributed by atoms with E-state index >= 15 is 0 Å². The van der Waals surface area contributed by atoms with Crippen LogP contribution < -0.4 is 15.4 Å². The molecule has 0 atom stereocenters. The number of amidine groups is 1. The highest BCUT2D eigenvalue weighted by Crippen LogP contribution is 2.16. The Morgan fingerprint density at radius 2 is 2.12 bits per heavy atom. The van der Waals surface area contributed by atoms with Crippen LogP contribution in [0, 0.1) is 0 Å². The van der Waals surface area contributed by atoms with Crippen LogP contribution in [-0.4, -0.2) is 39.8 Å². The Hall–Kier alpha value is -1.93. The smallest absolute Gasteiger partial charge is 0.279 e. The predicted molar refractivity (Wildman–Crippen MR) is 98.1 cm³/mol. The minimum absolute atomic E-state index is 0.120. The lowest BCUT2D eigenvalue weighted by Crippen LogP contribution is -2.86. The molecule has 4 N–H and O–H groups in total. The van der Waals surface area contributed by atoms with Gasteiger partial charge in [0, 0.05) is 18.7 Å². The summed E-state index contributed by atoms with van der Waals surface area (Å²) >= 11 is 0. The van der Waals surface area contributed by atoms with Crippen LogP contribution >= 0.6 is 0 Å². The molecule has 1 heterocycles. The Labute approximate surface area is 149 Å². The molecule has 138 valence electrons. The number of nitrogens with zero attached hydrogens (tertiary/aromatic N) is 1. The Bertz CT molecular complexity index is 716. The van der Waals surface area contributed by atoms with Crippen LogP contribution in [0.1, 0.15) is 39.0 Å². The van der Waals surface area contributed by atoms with Crippen LogP contribution in [0.25, 0.3) is 0 Å². The molecule has 0 spiro atoms. The number of sulfonamides is 1. The number of carbonyl (C=O) groups is 1. The average molecular weight is 367 g/mol. The van der Waals surface area contributed by atoms with E-state index in [4.69, 9.17) is 0 Å². The number of anilines is 1. The van der Waals surface area contributed by atoms with E-state index in [1.807, 2.05) is 12.2 Å². The molecular formula is C17H27N4O3S+. The van der Waals surface area contributed by atoms with Gasteiger partial charge in [0.05, 0.1) is 11.4 Å². The lowest BCUT2D eigenvalue weighted by molar-refractivity contribution is -0.643. The molecule has 0 fully saturated rings. The molecule has 25 heavy (non-hydrogen) atoms. The van der Waals surface area contributed by atoms with Gasteiger partial charge in [-0.25, -0.2) is 8.42 Å². The summed E-state index contributed by atoms with van der Waals surface area (Å²) in [6, 6.07) is 6.28. The van der Waals surface area contributed by atoms with Crippen molar-refractivity contribution < 1.29 is 18.5 Å². The number of aliphatic imine (C=N–C) groups is 1. The van der Waals surface area contributed by atoms with Gasteiger partial charge in [-0.2, -0.15) is 0 Å². The first-order valence-corrected chi connectivity index (χ1v) is 10.3. The summed E-state index contributed by atoms with van der Waals surface area (Å²) in [6.45, 7) is 3.91. The quantitative estimate of drug-likeness (QED) is 0.622. The summed E-state index contributed by atoms with van der Waals surface area (Å²) in [5.74, 6) is 0.366. The van der Waals surface area contributed by atoms with Gasteiger partial charge in [-0.15, -0.1) is 0 Å². The van der Waals surface area contributed by atoms with Crippen molar-refractivity contribution in [3.05, 3.63) is 24.3 Å². The predicted octanol–water partition coefficient (Wildman–Crippen LogP) is 0.849. The number of benzene rings is 1. The highest BCUT2D eigenvalue weighted by molar-refractivity contribution is 7.90. The molecular weight excluding hydrogens is 340 g/mol. The standard InChI is InChI=1S/C17H26N4O3S/c1-2-10-18-13-17(22)20-14-7-6-8-15(12-14)25(23,24)21-16-9-4-3-5-11-19-16/h6-8,12,18H,2-5,9-11,13H2,1H3,(H,19,21)(H,20,22)/p+1. The number of quaternary nitrogens is 1. The molecule has 1 aliphatic rings. The van der Waals surface area contributed by atoms with Crippen molar-refractivity contribution in [1.29, 1.82) is 0 Å². The monoisotopic (exact) mass is 367 g/mol. The first-order chi connectivity index (χ1) is 12.0. The molecule has 1 aliphatic heterocycles. The zero-order chi connectivity index (χ0) is 18.1. The molecule has 0 aliphatic carbocycles. The molecule has 2 rings (SSSR count). The molecule has 7 nitrogen and oxygen atoms in total. The van der Waals surface area contributed by atoms with Gasteiger partial charge in [-0.1, -0.05) is 19.4 Å². The zero-order valence-electron chi connectivity index (χ0n) is 14.6. The number of rotatable bonds is 7. The van der Waals surface area contributed by atoms with Crippen molar-refractivity contribution in [3.8, 4) is 0 Å². The van der Waals surface area contributed by atoms with Crippen molar-refractivity contribution >= 4 is 27.5 Å². The maximum absolute atomic E-state index is 12.6. The lowest BCUT2D eigenvalue weighted by atomic mass is 10.2. The summed E-state index contributed by atoms with van der Waals surface area (Å²) < 4.78 is 27.7. The van der Waals surface area contributed by atoms with Gasteiger partial charge in [0.2, 0.25) is 0 Å². The third-order valence-corrected chi connectivity index (χ3v) is 5.26. The van der Waals surface area contributed by atoms with Crippen LogP contribution in [0.4, 0.5) is 5.69 Å². The molecule has 1 aromatic rings. The largest absolute Gasteiger partial charge is 0.338 e. The minimum Gasteiger partial charge on any atom is -0.338 e. The van der Waals surface area contributed by atoms with E-state index in [-0.39, 0.29) is 10.8 Å². The fourth-order valence-corrected chi connectivity index (χ4v) is 3.70. The number of nitrogens with one attached hydrogen (secondary N) is 2. The summed E-state index contributed by atoms with van der Waals surface area (Å²) in [7, 11) is -3.70. The van der Waals surface area contributed by atoms with Gasteiger partial charge in [-0.05, 0) is 37.5 Å². The van der Waals surface area contributed by atoms with Crippen LogP contribution in [0.5, 0.6) is 0 Å². The molecule has 8 heteroatoms. The second-order valence-corrected chi connectivity index (χ2v) is 7.78. The van der Waals surface area contributed by atoms with E-state index in [1.165, 1.54) is 12.1 Å². The van der Waals surface area contributed by atoms with Crippen LogP contribution in [0.3, 0.4) is 0 Å². The first-order valence-electron chi connectivity index (χ1n) is 8.79. The van der Waals surface area contributed by atoms with Gasteiger partial charge >= 0.3 is 0 Å². The molecule has 0 unspecified atom stereocenters. The van der Waals surface area contributed by atoms with Crippen LogP contribution in [0.2, 0.25) is 0 Å². The Balaban J connectivity index is 2.03. The van der Waals surface area contributed by atoms with E-state index in [1.54, 1.807) is 12.1 Å². The number of hydrogen-bond acceptors (Lipinski definition) is 4. The number of amides is 1. The third-order valence-electron chi connectivity index (χ3n) is 3.88. The topological polar surface area (TPSA) is 104 Å². The van der Waals surface area contributed by atoms with Gasteiger partial charge in [0.25, 0.3) is 15.9 Å². The lowest BCUT2D eigenvalue weighted by Gasteiger charge is -2.11. The van der Waals surface area contributed by atoms with Gasteiger partial charge in [0.15, 0.2) is 6.54 Å². The molecule has 1 amide bonds. The SMILES string of the molecule is CCC[NH2+]CC(=O)Nc1cccc(S(=O)(=O)NC2=NCCCCC2)c1. The summed E-state index contributed by atoms with van der Waals surface area (Å²) in [6.07, 6.45) is 4.62. The molecule has 0 saturated heterocycles. The highest BCUT2D eigenvalue weighted by Gasteiger charge is 2.18. The fourth-order valence-electron chi connectivity index (χ4n) is 2.56. The van der Waals surface area contributed by atoms with E-state index < -0.39 is 10.0 Å². The summed E-state index contributed by atoms with van der Waals surface area (Å²) in [4.78, 5) is 16.3. The highest BCUT2D eigenvalue weighted by atomic mass is 32.2. The maximum Gasteiger partial charge on any atom is 0.279 e. The van der Waals surface area contributed by atoms with Gasteiger partial charge in [0.1, 0.15) is 5.84 Å². The summed E-state index contributed by atoms with van der Waals surface area (Å²) in [5.41, 5.74) is 0.473. The number of nitrogens with two attached hydrogens (primary N) is 1.